The maximum atomic E-state index is 12.6. The number of aliphatic carboxylic acids is 1. The first-order valence-corrected chi connectivity index (χ1v) is 14.2. The summed E-state index contributed by atoms with van der Waals surface area (Å²) < 4.78 is 4.52. The molecule has 0 saturated carbocycles. The van der Waals surface area contributed by atoms with E-state index in [1.807, 2.05) is 39.0 Å². The molecule has 43 heavy (non-hydrogen) atoms. The van der Waals surface area contributed by atoms with Crippen molar-refractivity contribution in [2.24, 2.45) is 5.92 Å². The van der Waals surface area contributed by atoms with Gasteiger partial charge in [0.25, 0.3) is 5.91 Å². The van der Waals surface area contributed by atoms with Crippen LogP contribution in [0.3, 0.4) is 0 Å². The van der Waals surface area contributed by atoms with Gasteiger partial charge >= 0.3 is 17.9 Å². The summed E-state index contributed by atoms with van der Waals surface area (Å²) in [5.74, 6) is -3.96. The Morgan fingerprint density at radius 1 is 0.814 bits per heavy atom. The second kappa shape index (κ2) is 18.1. The van der Waals surface area contributed by atoms with Gasteiger partial charge in [-0.2, -0.15) is 0 Å². The van der Waals surface area contributed by atoms with Crippen molar-refractivity contribution in [2.75, 3.05) is 0 Å². The SMILES string of the molecule is CC(=O)OC(=O)c1c(C)cccc1C.CCCC[C@H](NC(=O)[C@H](C)NC(=O)[C@@H](NC(=O)c1ccccc1)C(C)C)C(=O)O. The van der Waals surface area contributed by atoms with Gasteiger partial charge in [0.15, 0.2) is 0 Å². The van der Waals surface area contributed by atoms with Gasteiger partial charge in [-0.1, -0.05) is 70.0 Å². The highest BCUT2D eigenvalue weighted by Crippen LogP contribution is 2.14. The Hall–Kier alpha value is -4.54. The molecule has 11 nitrogen and oxygen atoms in total. The quantitative estimate of drug-likeness (QED) is 0.212. The van der Waals surface area contributed by atoms with E-state index in [4.69, 9.17) is 0 Å². The Bertz CT molecular complexity index is 1260. The molecule has 4 N–H and O–H groups in total. The van der Waals surface area contributed by atoms with Gasteiger partial charge in [-0.25, -0.2) is 9.59 Å². The van der Waals surface area contributed by atoms with Crippen LogP contribution in [0, 0.1) is 19.8 Å². The lowest BCUT2D eigenvalue weighted by Crippen LogP contribution is -2.56. The normalized spacial score (nSPS) is 12.5. The van der Waals surface area contributed by atoms with E-state index >= 15 is 0 Å². The number of nitrogens with one attached hydrogen (secondary N) is 3. The molecule has 0 heterocycles. The Balaban J connectivity index is 0.000000549. The number of hydrogen-bond acceptors (Lipinski definition) is 7. The summed E-state index contributed by atoms with van der Waals surface area (Å²) in [4.78, 5) is 70.7. The van der Waals surface area contributed by atoms with Crippen LogP contribution in [0.25, 0.3) is 0 Å². The number of ether oxygens (including phenoxy) is 1. The highest BCUT2D eigenvalue weighted by molar-refractivity contribution is 5.99. The summed E-state index contributed by atoms with van der Waals surface area (Å²) >= 11 is 0. The minimum absolute atomic E-state index is 0.214. The van der Waals surface area contributed by atoms with Crippen molar-refractivity contribution in [3.05, 3.63) is 70.8 Å². The van der Waals surface area contributed by atoms with E-state index < -0.39 is 47.8 Å². The molecular weight excluding hydrogens is 554 g/mol. The number of carbonyl (C=O) groups is 6. The molecule has 0 aromatic heterocycles. The van der Waals surface area contributed by atoms with Gasteiger partial charge in [0.2, 0.25) is 11.8 Å². The van der Waals surface area contributed by atoms with Gasteiger partial charge in [-0.15, -0.1) is 0 Å². The van der Waals surface area contributed by atoms with Crippen LogP contribution in [0.5, 0.6) is 0 Å². The van der Waals surface area contributed by atoms with E-state index in [9.17, 15) is 33.9 Å². The van der Waals surface area contributed by atoms with Crippen LogP contribution in [0.4, 0.5) is 0 Å². The average molecular weight is 598 g/mol. The number of aryl methyl sites for hydroxylation is 2. The van der Waals surface area contributed by atoms with Gasteiger partial charge in [-0.3, -0.25) is 19.2 Å². The molecule has 0 aliphatic rings. The summed E-state index contributed by atoms with van der Waals surface area (Å²) in [5.41, 5.74) is 2.53. The second-order valence-corrected chi connectivity index (χ2v) is 10.5. The van der Waals surface area contributed by atoms with Crippen molar-refractivity contribution in [1.29, 1.82) is 0 Å². The molecule has 0 aliphatic heterocycles. The lowest BCUT2D eigenvalue weighted by Gasteiger charge is -2.24. The molecule has 0 saturated heterocycles. The van der Waals surface area contributed by atoms with Crippen LogP contribution in [0.15, 0.2) is 48.5 Å². The number of amides is 3. The topological polar surface area (TPSA) is 168 Å². The first kappa shape index (κ1) is 36.5. The molecule has 0 bridgehead atoms. The van der Waals surface area contributed by atoms with Crippen molar-refractivity contribution >= 4 is 35.6 Å². The van der Waals surface area contributed by atoms with Crippen molar-refractivity contribution < 1.29 is 38.6 Å². The van der Waals surface area contributed by atoms with Crippen LogP contribution < -0.4 is 16.0 Å². The Morgan fingerprint density at radius 2 is 1.40 bits per heavy atom. The maximum absolute atomic E-state index is 12.6. The molecule has 2 aromatic rings. The fraction of sp³-hybridized carbons (Fsp3) is 0.438. The molecule has 3 atom stereocenters. The minimum atomic E-state index is -1.11. The number of unbranched alkanes of at least 4 members (excludes halogenated alkanes) is 1. The first-order valence-electron chi connectivity index (χ1n) is 14.2. The second-order valence-electron chi connectivity index (χ2n) is 10.5. The standard InChI is InChI=1S/C21H31N3O5.C11H12O3/c1-5-6-12-16(21(28)29)23-18(25)14(4)22-20(27)17(13(2)3)24-19(26)15-10-8-7-9-11-15;1-7-5-4-6-8(2)10(7)11(13)14-9(3)12/h7-11,13-14,16-17H,5-6,12H2,1-4H3,(H,22,27)(H,23,25)(H,24,26)(H,28,29);4-6H,1-3H3/t14-,16-,17-;/m0./s1. The molecule has 0 aliphatic carbocycles. The number of hydrogen-bond donors (Lipinski definition) is 4. The molecule has 0 unspecified atom stereocenters. The molecule has 2 aromatic carbocycles. The van der Waals surface area contributed by atoms with Crippen LogP contribution in [0.1, 0.15) is 85.7 Å². The minimum Gasteiger partial charge on any atom is -0.480 e. The number of benzene rings is 2. The Kier molecular flexibility index (Phi) is 15.4. The largest absolute Gasteiger partial charge is 0.480 e. The molecular formula is C32H43N3O8. The predicted octanol–water partition coefficient (Wildman–Crippen LogP) is 3.71. The van der Waals surface area contributed by atoms with E-state index in [0.717, 1.165) is 17.5 Å². The van der Waals surface area contributed by atoms with Gasteiger partial charge in [0.05, 0.1) is 5.56 Å². The summed E-state index contributed by atoms with van der Waals surface area (Å²) in [6.07, 6.45) is 1.79. The molecule has 11 heteroatoms. The molecule has 234 valence electrons. The van der Waals surface area contributed by atoms with E-state index in [2.05, 4.69) is 20.7 Å². The zero-order valence-corrected chi connectivity index (χ0v) is 25.9. The van der Waals surface area contributed by atoms with Crippen LogP contribution in [-0.2, 0) is 23.9 Å². The first-order chi connectivity index (χ1) is 20.2. The van der Waals surface area contributed by atoms with Gasteiger partial charge in [0.1, 0.15) is 18.1 Å². The molecule has 0 fully saturated rings. The lowest BCUT2D eigenvalue weighted by molar-refractivity contribution is -0.142. The van der Waals surface area contributed by atoms with Crippen molar-refractivity contribution in [3.8, 4) is 0 Å². The summed E-state index contributed by atoms with van der Waals surface area (Å²) in [6, 6.07) is 11.2. The predicted molar refractivity (Wildman–Crippen MR) is 161 cm³/mol. The Morgan fingerprint density at radius 3 is 1.88 bits per heavy atom. The summed E-state index contributed by atoms with van der Waals surface area (Å²) in [6.45, 7) is 11.8. The molecule has 0 spiro atoms. The summed E-state index contributed by atoms with van der Waals surface area (Å²) in [5, 5.41) is 16.9. The third-order valence-electron chi connectivity index (χ3n) is 6.41. The number of esters is 2. The van der Waals surface area contributed by atoms with Crippen molar-refractivity contribution in [3.63, 3.8) is 0 Å². The highest BCUT2D eigenvalue weighted by atomic mass is 16.6. The van der Waals surface area contributed by atoms with E-state index in [1.165, 1.54) is 13.8 Å². The number of rotatable bonds is 12. The van der Waals surface area contributed by atoms with Crippen molar-refractivity contribution in [1.82, 2.24) is 16.0 Å². The number of carbonyl (C=O) groups excluding carboxylic acids is 5. The molecule has 0 radical (unpaired) electrons. The van der Waals surface area contributed by atoms with E-state index in [-0.39, 0.29) is 11.8 Å². The van der Waals surface area contributed by atoms with Crippen molar-refractivity contribution in [2.45, 2.75) is 85.9 Å². The summed E-state index contributed by atoms with van der Waals surface area (Å²) in [7, 11) is 0. The average Bonchev–Trinajstić information content (AvgIpc) is 2.93. The third kappa shape index (κ3) is 12.5. The van der Waals surface area contributed by atoms with E-state index in [1.54, 1.807) is 44.2 Å². The van der Waals surface area contributed by atoms with Gasteiger partial charge < -0.3 is 25.8 Å². The smallest absolute Gasteiger partial charge is 0.346 e. The molecule has 2 rings (SSSR count). The fourth-order valence-corrected chi connectivity index (χ4v) is 4.00. The zero-order chi connectivity index (χ0) is 32.7. The van der Waals surface area contributed by atoms with Gasteiger partial charge in [0, 0.05) is 12.5 Å². The molecule has 3 amide bonds. The lowest BCUT2D eigenvalue weighted by atomic mass is 10.0. The number of carboxylic acids is 1. The maximum Gasteiger partial charge on any atom is 0.346 e. The Labute approximate surface area is 252 Å². The fourth-order valence-electron chi connectivity index (χ4n) is 4.00. The monoisotopic (exact) mass is 597 g/mol. The van der Waals surface area contributed by atoms with Gasteiger partial charge in [-0.05, 0) is 56.4 Å². The van der Waals surface area contributed by atoms with Crippen LogP contribution in [-0.4, -0.2) is 58.9 Å². The third-order valence-corrected chi connectivity index (χ3v) is 6.41. The zero-order valence-electron chi connectivity index (χ0n) is 25.9. The highest BCUT2D eigenvalue weighted by Gasteiger charge is 2.29. The number of carboxylic acid groups (broad SMARTS) is 1. The van der Waals surface area contributed by atoms with Crippen LogP contribution >= 0.6 is 0 Å². The van der Waals surface area contributed by atoms with E-state index in [0.29, 0.717) is 24.0 Å². The van der Waals surface area contributed by atoms with Crippen LogP contribution in [0.2, 0.25) is 0 Å².